The molecule has 2 aromatic rings. The highest BCUT2D eigenvalue weighted by Crippen LogP contribution is 2.41. The van der Waals surface area contributed by atoms with Gasteiger partial charge >= 0.3 is 0 Å². The summed E-state index contributed by atoms with van der Waals surface area (Å²) in [7, 11) is 0. The van der Waals surface area contributed by atoms with Gasteiger partial charge in [-0.25, -0.2) is 0 Å². The monoisotopic (exact) mass is 488 g/mol. The van der Waals surface area contributed by atoms with Crippen LogP contribution in [-0.2, 0) is 27.2 Å². The van der Waals surface area contributed by atoms with E-state index in [-0.39, 0.29) is 17.4 Å². The molecule has 1 aliphatic carbocycles. The van der Waals surface area contributed by atoms with E-state index < -0.39 is 17.7 Å². The molecule has 1 N–H and O–H groups in total. The number of amides is 1. The number of carbonyl (C=O) groups excluding carboxylic acids is 2. The van der Waals surface area contributed by atoms with Crippen LogP contribution in [0.15, 0.2) is 48.0 Å². The Bertz CT molecular complexity index is 1160. The van der Waals surface area contributed by atoms with E-state index in [9.17, 15) is 14.7 Å². The van der Waals surface area contributed by atoms with E-state index in [1.807, 2.05) is 36.4 Å². The van der Waals surface area contributed by atoms with Gasteiger partial charge in [0.1, 0.15) is 5.76 Å². The number of aliphatic hydroxyl groups is 1. The molecule has 0 bridgehead atoms. The Morgan fingerprint density at radius 1 is 1.00 bits per heavy atom. The van der Waals surface area contributed by atoms with Gasteiger partial charge in [-0.3, -0.25) is 9.59 Å². The molecule has 36 heavy (non-hydrogen) atoms. The summed E-state index contributed by atoms with van der Waals surface area (Å²) in [6.07, 6.45) is 6.04. The van der Waals surface area contributed by atoms with Gasteiger partial charge in [0.15, 0.2) is 0 Å². The predicted molar refractivity (Wildman–Crippen MR) is 141 cm³/mol. The third kappa shape index (κ3) is 4.55. The van der Waals surface area contributed by atoms with E-state index in [4.69, 9.17) is 4.74 Å². The second-order valence-corrected chi connectivity index (χ2v) is 10.0. The largest absolute Gasteiger partial charge is 0.507 e. The molecule has 5 rings (SSSR count). The zero-order valence-corrected chi connectivity index (χ0v) is 21.3. The van der Waals surface area contributed by atoms with E-state index in [1.54, 1.807) is 4.90 Å². The van der Waals surface area contributed by atoms with Crippen LogP contribution in [0.2, 0.25) is 0 Å². The first-order valence-corrected chi connectivity index (χ1v) is 13.4. The quantitative estimate of drug-likeness (QED) is 0.337. The minimum absolute atomic E-state index is 0.0885. The Labute approximate surface area is 213 Å². The zero-order valence-electron chi connectivity index (χ0n) is 21.3. The molecule has 2 unspecified atom stereocenters. The Hall–Kier alpha value is -3.12. The van der Waals surface area contributed by atoms with Crippen molar-refractivity contribution in [3.05, 3.63) is 70.3 Å². The maximum Gasteiger partial charge on any atom is 0.295 e. The second kappa shape index (κ2) is 10.5. The van der Waals surface area contributed by atoms with Crippen molar-refractivity contribution in [1.82, 2.24) is 4.90 Å². The van der Waals surface area contributed by atoms with E-state index in [0.717, 1.165) is 56.4 Å². The van der Waals surface area contributed by atoms with Gasteiger partial charge in [-0.15, -0.1) is 0 Å². The third-order valence-corrected chi connectivity index (χ3v) is 7.92. The van der Waals surface area contributed by atoms with Crippen molar-refractivity contribution in [3.8, 4) is 0 Å². The fraction of sp³-hybridized carbons (Fsp3) is 0.467. The van der Waals surface area contributed by atoms with Gasteiger partial charge in [0.05, 0.1) is 17.7 Å². The van der Waals surface area contributed by atoms with Crippen LogP contribution < -0.4 is 4.90 Å². The molecule has 0 saturated carbocycles. The van der Waals surface area contributed by atoms with Crippen LogP contribution in [0, 0.1) is 0 Å². The Kier molecular flexibility index (Phi) is 7.15. The fourth-order valence-corrected chi connectivity index (χ4v) is 5.92. The summed E-state index contributed by atoms with van der Waals surface area (Å²) in [5.41, 5.74) is 5.22. The van der Waals surface area contributed by atoms with Crippen molar-refractivity contribution in [3.63, 3.8) is 0 Å². The average molecular weight is 489 g/mol. The van der Waals surface area contributed by atoms with Gasteiger partial charge in [-0.1, -0.05) is 24.3 Å². The molecule has 0 spiro atoms. The number of nitrogens with zero attached hydrogens (tertiary/aromatic N) is 2. The van der Waals surface area contributed by atoms with Crippen molar-refractivity contribution < 1.29 is 19.4 Å². The lowest BCUT2D eigenvalue weighted by atomic mass is 9.88. The minimum atomic E-state index is -0.643. The maximum absolute atomic E-state index is 13.4. The Balaban J connectivity index is 1.57. The van der Waals surface area contributed by atoms with Crippen LogP contribution in [0.4, 0.5) is 5.69 Å². The third-order valence-electron chi connectivity index (χ3n) is 7.92. The number of aliphatic hydroxyl groups excluding tert-OH is 1. The van der Waals surface area contributed by atoms with Crippen LogP contribution in [0.3, 0.4) is 0 Å². The van der Waals surface area contributed by atoms with E-state index in [0.29, 0.717) is 18.7 Å². The highest BCUT2D eigenvalue weighted by molar-refractivity contribution is 6.46. The molecule has 2 aromatic carbocycles. The first-order chi connectivity index (χ1) is 17.5. The topological polar surface area (TPSA) is 70.1 Å². The summed E-state index contributed by atoms with van der Waals surface area (Å²) in [6, 6.07) is 13.3. The maximum atomic E-state index is 13.4. The number of aryl methyl sites for hydroxylation is 2. The van der Waals surface area contributed by atoms with Crippen LogP contribution in [0.5, 0.6) is 0 Å². The second-order valence-electron chi connectivity index (χ2n) is 10.0. The van der Waals surface area contributed by atoms with Gasteiger partial charge in [-0.2, -0.15) is 0 Å². The minimum Gasteiger partial charge on any atom is -0.507 e. The molecule has 190 valence electrons. The number of hydrogen-bond donors (Lipinski definition) is 1. The standard InChI is InChI=1S/C30H36N2O4/c1-3-31(4-2)24-15-13-21(14-16-24)27-26(29(34)30(35)32(27)19-25-10-7-17-36-25)28(33)23-12-11-20-8-5-6-9-22(20)18-23/h11-16,18,25,27,33H,3-10,17,19H2,1-2H3/b28-26-. The lowest BCUT2D eigenvalue weighted by Gasteiger charge is -2.28. The Morgan fingerprint density at radius 3 is 2.39 bits per heavy atom. The van der Waals surface area contributed by atoms with Crippen LogP contribution in [0.1, 0.15) is 67.8 Å². The molecule has 2 fully saturated rings. The summed E-state index contributed by atoms with van der Waals surface area (Å²) in [6.45, 7) is 7.04. The number of Topliss-reactive ketones (excluding diaryl/α,β-unsaturated/α-hetero) is 1. The lowest BCUT2D eigenvalue weighted by Crippen LogP contribution is -2.36. The summed E-state index contributed by atoms with van der Waals surface area (Å²) in [5, 5.41) is 11.5. The number of fused-ring (bicyclic) bond motifs is 1. The lowest BCUT2D eigenvalue weighted by molar-refractivity contribution is -0.140. The van der Waals surface area contributed by atoms with Crippen molar-refractivity contribution in [2.75, 3.05) is 31.1 Å². The smallest absolute Gasteiger partial charge is 0.295 e. The number of hydrogen-bond acceptors (Lipinski definition) is 5. The zero-order chi connectivity index (χ0) is 25.2. The molecular formula is C30H36N2O4. The molecule has 3 aliphatic rings. The summed E-state index contributed by atoms with van der Waals surface area (Å²) < 4.78 is 5.81. The number of ketones is 1. The number of benzene rings is 2. The van der Waals surface area contributed by atoms with Gasteiger partial charge in [-0.05, 0) is 87.3 Å². The average Bonchev–Trinajstić information content (AvgIpc) is 3.51. The molecule has 1 amide bonds. The molecule has 0 radical (unpaired) electrons. The number of anilines is 1. The normalized spacial score (nSPS) is 23.2. The van der Waals surface area contributed by atoms with Crippen molar-refractivity contribution >= 4 is 23.1 Å². The molecule has 6 nitrogen and oxygen atoms in total. The van der Waals surface area contributed by atoms with Crippen molar-refractivity contribution in [2.45, 2.75) is 64.5 Å². The molecule has 2 saturated heterocycles. The fourth-order valence-electron chi connectivity index (χ4n) is 5.92. The van der Waals surface area contributed by atoms with E-state index >= 15 is 0 Å². The van der Waals surface area contributed by atoms with Gasteiger partial charge in [0, 0.05) is 37.5 Å². The Morgan fingerprint density at radius 2 is 1.72 bits per heavy atom. The van der Waals surface area contributed by atoms with Crippen LogP contribution in [0.25, 0.3) is 5.76 Å². The first-order valence-electron chi connectivity index (χ1n) is 13.4. The SMILES string of the molecule is CCN(CC)c1ccc(C2/C(=C(/O)c3ccc4c(c3)CCCC4)C(=O)C(=O)N2CC2CCCO2)cc1. The molecule has 2 atom stereocenters. The number of rotatable bonds is 7. The van der Waals surface area contributed by atoms with Gasteiger partial charge in [0.2, 0.25) is 0 Å². The highest BCUT2D eigenvalue weighted by atomic mass is 16.5. The predicted octanol–water partition coefficient (Wildman–Crippen LogP) is 5.01. The van der Waals surface area contributed by atoms with Gasteiger partial charge in [0.25, 0.3) is 11.7 Å². The van der Waals surface area contributed by atoms with Crippen molar-refractivity contribution in [1.29, 1.82) is 0 Å². The van der Waals surface area contributed by atoms with Crippen LogP contribution >= 0.6 is 0 Å². The van der Waals surface area contributed by atoms with E-state index in [2.05, 4.69) is 24.8 Å². The molecule has 2 heterocycles. The summed E-state index contributed by atoms with van der Waals surface area (Å²) in [5.74, 6) is -1.28. The molecule has 0 aromatic heterocycles. The van der Waals surface area contributed by atoms with Crippen LogP contribution in [-0.4, -0.2) is 54.0 Å². The van der Waals surface area contributed by atoms with E-state index in [1.165, 1.54) is 17.5 Å². The molecule has 2 aliphatic heterocycles. The first kappa shape index (κ1) is 24.6. The van der Waals surface area contributed by atoms with Crippen molar-refractivity contribution in [2.24, 2.45) is 0 Å². The summed E-state index contributed by atoms with van der Waals surface area (Å²) in [4.78, 5) is 30.5. The number of likely N-dealkylation sites (tertiary alicyclic amines) is 1. The van der Waals surface area contributed by atoms with Gasteiger partial charge < -0.3 is 19.6 Å². The highest BCUT2D eigenvalue weighted by Gasteiger charge is 2.47. The summed E-state index contributed by atoms with van der Waals surface area (Å²) >= 11 is 0. The number of carbonyl (C=O) groups is 2. The molecular weight excluding hydrogens is 452 g/mol. The molecule has 6 heteroatoms. The number of ether oxygens (including phenoxy) is 1.